The molecular formula is C29H41N5O3. The van der Waals surface area contributed by atoms with E-state index in [0.717, 1.165) is 82.2 Å². The predicted octanol–water partition coefficient (Wildman–Crippen LogP) is 3.83. The molecule has 1 heterocycles. The Bertz CT molecular complexity index is 1060. The van der Waals surface area contributed by atoms with Gasteiger partial charge in [-0.3, -0.25) is 9.59 Å². The first kappa shape index (κ1) is 26.8. The molecule has 1 aliphatic carbocycles. The molecule has 8 heteroatoms. The van der Waals surface area contributed by atoms with Crippen molar-refractivity contribution in [1.29, 1.82) is 0 Å². The first-order valence-corrected chi connectivity index (χ1v) is 13.6. The number of nitrogens with zero attached hydrogens (tertiary/aromatic N) is 3. The van der Waals surface area contributed by atoms with E-state index in [4.69, 9.17) is 4.74 Å². The fourth-order valence-corrected chi connectivity index (χ4v) is 5.03. The Labute approximate surface area is 220 Å². The Morgan fingerprint density at radius 3 is 2.27 bits per heavy atom. The number of carbonyl (C=O) groups excluding carboxylic acids is 2. The molecule has 1 saturated carbocycles. The van der Waals surface area contributed by atoms with Gasteiger partial charge in [-0.2, -0.15) is 0 Å². The van der Waals surface area contributed by atoms with Gasteiger partial charge in [0.25, 0.3) is 5.91 Å². The lowest BCUT2D eigenvalue weighted by Crippen LogP contribution is -2.47. The number of nitrogens with one attached hydrogen (secondary N) is 2. The summed E-state index contributed by atoms with van der Waals surface area (Å²) in [6.07, 6.45) is 3.00. The van der Waals surface area contributed by atoms with Gasteiger partial charge in [-0.15, -0.1) is 0 Å². The second kappa shape index (κ2) is 12.8. The molecule has 0 atom stereocenters. The van der Waals surface area contributed by atoms with Crippen molar-refractivity contribution in [2.45, 2.75) is 33.1 Å². The number of benzene rings is 2. The van der Waals surface area contributed by atoms with Crippen LogP contribution < -0.4 is 25.2 Å². The predicted molar refractivity (Wildman–Crippen MR) is 150 cm³/mol. The van der Waals surface area contributed by atoms with E-state index < -0.39 is 0 Å². The number of para-hydroxylation sites is 2. The SMILES string of the molecule is CCN(CC)CCNC(=O)c1cc(NC(=O)C2CCC2)ccc1N1CCN(c2ccccc2OC)CC1. The van der Waals surface area contributed by atoms with Crippen LogP contribution in [0.5, 0.6) is 5.75 Å². The summed E-state index contributed by atoms with van der Waals surface area (Å²) >= 11 is 0. The van der Waals surface area contributed by atoms with E-state index in [1.807, 2.05) is 36.4 Å². The minimum Gasteiger partial charge on any atom is -0.495 e. The minimum atomic E-state index is -0.103. The van der Waals surface area contributed by atoms with Crippen molar-refractivity contribution in [1.82, 2.24) is 10.2 Å². The van der Waals surface area contributed by atoms with Crippen LogP contribution >= 0.6 is 0 Å². The lowest BCUT2D eigenvalue weighted by atomic mass is 9.85. The highest BCUT2D eigenvalue weighted by atomic mass is 16.5. The third-order valence-corrected chi connectivity index (χ3v) is 7.64. The Balaban J connectivity index is 1.49. The van der Waals surface area contributed by atoms with Gasteiger partial charge in [-0.1, -0.05) is 32.4 Å². The summed E-state index contributed by atoms with van der Waals surface area (Å²) in [7, 11) is 1.70. The average Bonchev–Trinajstić information content (AvgIpc) is 2.90. The van der Waals surface area contributed by atoms with Gasteiger partial charge < -0.3 is 30.1 Å². The summed E-state index contributed by atoms with van der Waals surface area (Å²) in [6.45, 7) is 10.8. The van der Waals surface area contributed by atoms with Crippen molar-refractivity contribution in [3.8, 4) is 5.75 Å². The van der Waals surface area contributed by atoms with Crippen molar-refractivity contribution in [3.63, 3.8) is 0 Å². The van der Waals surface area contributed by atoms with Gasteiger partial charge in [0.15, 0.2) is 0 Å². The maximum absolute atomic E-state index is 13.4. The van der Waals surface area contributed by atoms with Gasteiger partial charge in [0.1, 0.15) is 5.75 Å². The molecule has 2 amide bonds. The number of hydrogen-bond acceptors (Lipinski definition) is 6. The maximum Gasteiger partial charge on any atom is 0.253 e. The van der Waals surface area contributed by atoms with Gasteiger partial charge in [0, 0.05) is 56.6 Å². The topological polar surface area (TPSA) is 77.2 Å². The van der Waals surface area contributed by atoms with Crippen LogP contribution in [-0.2, 0) is 4.79 Å². The molecule has 37 heavy (non-hydrogen) atoms. The first-order valence-electron chi connectivity index (χ1n) is 13.6. The van der Waals surface area contributed by atoms with Crippen LogP contribution in [0.4, 0.5) is 17.1 Å². The molecule has 2 aromatic carbocycles. The molecule has 0 bridgehead atoms. The number of piperazine rings is 1. The number of amides is 2. The maximum atomic E-state index is 13.4. The van der Waals surface area contributed by atoms with Crippen LogP contribution in [0.3, 0.4) is 0 Å². The molecule has 0 aromatic heterocycles. The molecule has 1 aliphatic heterocycles. The molecule has 2 aromatic rings. The summed E-state index contributed by atoms with van der Waals surface area (Å²) in [5.41, 5.74) is 3.29. The Kier molecular flexibility index (Phi) is 9.28. The summed E-state index contributed by atoms with van der Waals surface area (Å²) in [6, 6.07) is 13.8. The van der Waals surface area contributed by atoms with Crippen molar-refractivity contribution >= 4 is 28.9 Å². The van der Waals surface area contributed by atoms with E-state index in [2.05, 4.69) is 45.2 Å². The third kappa shape index (κ3) is 6.55. The van der Waals surface area contributed by atoms with Gasteiger partial charge in [0.2, 0.25) is 5.91 Å². The molecule has 0 radical (unpaired) electrons. The summed E-state index contributed by atoms with van der Waals surface area (Å²) in [4.78, 5) is 32.8. The normalized spacial score (nSPS) is 15.9. The molecule has 1 saturated heterocycles. The Hall–Kier alpha value is -3.26. The highest BCUT2D eigenvalue weighted by Crippen LogP contribution is 2.32. The highest BCUT2D eigenvalue weighted by Gasteiger charge is 2.27. The van der Waals surface area contributed by atoms with E-state index >= 15 is 0 Å². The summed E-state index contributed by atoms with van der Waals surface area (Å²) in [5, 5.41) is 6.14. The number of likely N-dealkylation sites (N-methyl/N-ethyl adjacent to an activating group) is 1. The second-order valence-electron chi connectivity index (χ2n) is 9.78. The lowest BCUT2D eigenvalue weighted by Gasteiger charge is -2.38. The van der Waals surface area contributed by atoms with Crippen LogP contribution in [0.15, 0.2) is 42.5 Å². The van der Waals surface area contributed by atoms with Gasteiger partial charge in [-0.25, -0.2) is 0 Å². The standard InChI is InChI=1S/C29H41N5O3/c1-4-32(5-2)16-15-30-29(36)24-21-23(31-28(35)22-9-8-10-22)13-14-25(24)33-17-19-34(20-18-33)26-11-6-7-12-27(26)37-3/h6-7,11-14,21-22H,4-5,8-10,15-20H2,1-3H3,(H,30,36)(H,31,35). The molecule has 4 rings (SSSR count). The zero-order valence-corrected chi connectivity index (χ0v) is 22.5. The van der Waals surface area contributed by atoms with Crippen LogP contribution in [0, 0.1) is 5.92 Å². The van der Waals surface area contributed by atoms with E-state index in [1.54, 1.807) is 7.11 Å². The fraction of sp³-hybridized carbons (Fsp3) is 0.517. The highest BCUT2D eigenvalue weighted by molar-refractivity contribution is 6.02. The molecule has 2 fully saturated rings. The Morgan fingerprint density at radius 1 is 0.973 bits per heavy atom. The third-order valence-electron chi connectivity index (χ3n) is 7.64. The average molecular weight is 508 g/mol. The smallest absolute Gasteiger partial charge is 0.253 e. The zero-order chi connectivity index (χ0) is 26.2. The molecular weight excluding hydrogens is 466 g/mol. The minimum absolute atomic E-state index is 0.0531. The molecule has 200 valence electrons. The quantitative estimate of drug-likeness (QED) is 0.481. The van der Waals surface area contributed by atoms with E-state index in [0.29, 0.717) is 17.8 Å². The number of anilines is 3. The van der Waals surface area contributed by atoms with Crippen molar-refractivity contribution in [2.75, 3.05) is 74.6 Å². The molecule has 0 spiro atoms. The van der Waals surface area contributed by atoms with Crippen molar-refractivity contribution < 1.29 is 14.3 Å². The van der Waals surface area contributed by atoms with E-state index in [9.17, 15) is 9.59 Å². The number of methoxy groups -OCH3 is 1. The number of hydrogen-bond donors (Lipinski definition) is 2. The van der Waals surface area contributed by atoms with Gasteiger partial charge in [0.05, 0.1) is 18.4 Å². The van der Waals surface area contributed by atoms with Crippen molar-refractivity contribution in [3.05, 3.63) is 48.0 Å². The van der Waals surface area contributed by atoms with Crippen LogP contribution in [-0.4, -0.2) is 76.2 Å². The fourth-order valence-electron chi connectivity index (χ4n) is 5.03. The van der Waals surface area contributed by atoms with Crippen LogP contribution in [0.1, 0.15) is 43.5 Å². The number of rotatable bonds is 11. The Morgan fingerprint density at radius 2 is 1.65 bits per heavy atom. The van der Waals surface area contributed by atoms with E-state index in [1.165, 1.54) is 0 Å². The van der Waals surface area contributed by atoms with Gasteiger partial charge in [-0.05, 0) is 56.3 Å². The number of ether oxygens (including phenoxy) is 1. The molecule has 2 N–H and O–H groups in total. The molecule has 2 aliphatic rings. The lowest BCUT2D eigenvalue weighted by molar-refractivity contribution is -0.122. The number of carbonyl (C=O) groups is 2. The van der Waals surface area contributed by atoms with Gasteiger partial charge >= 0.3 is 0 Å². The van der Waals surface area contributed by atoms with Crippen molar-refractivity contribution in [2.24, 2.45) is 5.92 Å². The van der Waals surface area contributed by atoms with E-state index in [-0.39, 0.29) is 17.7 Å². The monoisotopic (exact) mass is 507 g/mol. The first-order chi connectivity index (χ1) is 18.0. The molecule has 8 nitrogen and oxygen atoms in total. The largest absolute Gasteiger partial charge is 0.495 e. The van der Waals surface area contributed by atoms with Crippen LogP contribution in [0.25, 0.3) is 0 Å². The molecule has 0 unspecified atom stereocenters. The summed E-state index contributed by atoms with van der Waals surface area (Å²) in [5.74, 6) is 0.913. The summed E-state index contributed by atoms with van der Waals surface area (Å²) < 4.78 is 5.56. The zero-order valence-electron chi connectivity index (χ0n) is 22.5. The second-order valence-corrected chi connectivity index (χ2v) is 9.78. The van der Waals surface area contributed by atoms with Crippen LogP contribution in [0.2, 0.25) is 0 Å².